The number of fused-ring (bicyclic) bond motifs is 2. The maximum atomic E-state index is 12.3. The summed E-state index contributed by atoms with van der Waals surface area (Å²) in [5.74, 6) is -0.0947. The molecule has 3 heteroatoms. The molecule has 3 nitrogen and oxygen atoms in total. The van der Waals surface area contributed by atoms with Gasteiger partial charge in [-0.05, 0) is 30.6 Å². The zero-order valence-electron chi connectivity index (χ0n) is 10.2. The Kier molecular flexibility index (Phi) is 2.41. The summed E-state index contributed by atoms with van der Waals surface area (Å²) in [5.41, 5.74) is -0.159. The quantitative estimate of drug-likeness (QED) is 0.801. The van der Waals surface area contributed by atoms with E-state index in [0.29, 0.717) is 18.1 Å². The van der Waals surface area contributed by atoms with Crippen LogP contribution in [0.3, 0.4) is 0 Å². The van der Waals surface area contributed by atoms with Crippen molar-refractivity contribution in [1.82, 2.24) is 0 Å². The Bertz CT molecular complexity index is 345. The van der Waals surface area contributed by atoms with Gasteiger partial charge in [-0.15, -0.1) is 0 Å². The third-order valence-corrected chi connectivity index (χ3v) is 5.34. The first-order valence-electron chi connectivity index (χ1n) is 6.07. The largest absolute Gasteiger partial charge is 0.481 e. The van der Waals surface area contributed by atoms with E-state index in [9.17, 15) is 9.59 Å². The van der Waals surface area contributed by atoms with Gasteiger partial charge in [0.25, 0.3) is 0 Å². The molecule has 3 atom stereocenters. The van der Waals surface area contributed by atoms with Gasteiger partial charge in [0.2, 0.25) is 0 Å². The molecule has 0 amide bonds. The van der Waals surface area contributed by atoms with Gasteiger partial charge in [0, 0.05) is 17.8 Å². The summed E-state index contributed by atoms with van der Waals surface area (Å²) in [6, 6.07) is 0. The highest BCUT2D eigenvalue weighted by Gasteiger charge is 2.65. The van der Waals surface area contributed by atoms with Crippen molar-refractivity contribution in [2.24, 2.45) is 22.7 Å². The number of carbonyl (C=O) groups is 2. The Labute approximate surface area is 96.2 Å². The lowest BCUT2D eigenvalue weighted by atomic mass is 9.70. The molecule has 90 valence electrons. The lowest BCUT2D eigenvalue weighted by molar-refractivity contribution is -0.138. The zero-order valence-corrected chi connectivity index (χ0v) is 10.2. The highest BCUT2D eigenvalue weighted by Crippen LogP contribution is 2.66. The van der Waals surface area contributed by atoms with E-state index in [-0.39, 0.29) is 23.2 Å². The average molecular weight is 224 g/mol. The van der Waals surface area contributed by atoms with Gasteiger partial charge in [0.15, 0.2) is 0 Å². The van der Waals surface area contributed by atoms with Gasteiger partial charge >= 0.3 is 5.97 Å². The lowest BCUT2D eigenvalue weighted by Gasteiger charge is -2.32. The molecule has 0 aliphatic heterocycles. The van der Waals surface area contributed by atoms with Crippen LogP contribution in [0.25, 0.3) is 0 Å². The van der Waals surface area contributed by atoms with Crippen molar-refractivity contribution in [2.45, 2.75) is 46.5 Å². The smallest absolute Gasteiger partial charge is 0.303 e. The van der Waals surface area contributed by atoms with Gasteiger partial charge in [0.05, 0.1) is 0 Å². The number of hydrogen-bond acceptors (Lipinski definition) is 2. The molecular weight excluding hydrogens is 204 g/mol. The van der Waals surface area contributed by atoms with Crippen molar-refractivity contribution in [3.05, 3.63) is 0 Å². The Balaban J connectivity index is 2.20. The predicted molar refractivity (Wildman–Crippen MR) is 60.0 cm³/mol. The molecule has 2 rings (SSSR count). The first-order chi connectivity index (χ1) is 7.30. The fraction of sp³-hybridized carbons (Fsp3) is 0.846. The third-order valence-electron chi connectivity index (χ3n) is 5.34. The normalized spacial score (nSPS) is 40.3. The number of carboxylic acid groups (broad SMARTS) is 1. The number of aliphatic carboxylic acids is 1. The molecule has 16 heavy (non-hydrogen) atoms. The van der Waals surface area contributed by atoms with Crippen LogP contribution in [-0.4, -0.2) is 16.9 Å². The second-order valence-electron chi connectivity index (χ2n) is 6.10. The van der Waals surface area contributed by atoms with E-state index in [4.69, 9.17) is 5.11 Å². The molecule has 0 aromatic rings. The summed E-state index contributed by atoms with van der Waals surface area (Å²) >= 11 is 0. The van der Waals surface area contributed by atoms with E-state index in [1.807, 2.05) is 0 Å². The van der Waals surface area contributed by atoms with E-state index in [1.165, 1.54) is 0 Å². The molecular formula is C13H20O3. The first-order valence-corrected chi connectivity index (χ1v) is 6.07. The standard InChI is InChI=1S/C13H20O3/c1-12(2)9-6-7-13(12,3)11(16)8(9)4-5-10(14)15/h8-9H,4-7H2,1-3H3,(H,14,15)/t8-,9+,13+/m1/s1. The van der Waals surface area contributed by atoms with Gasteiger partial charge in [0.1, 0.15) is 5.78 Å². The van der Waals surface area contributed by atoms with Crippen molar-refractivity contribution in [3.63, 3.8) is 0 Å². The Morgan fingerprint density at radius 3 is 2.50 bits per heavy atom. The summed E-state index contributed by atoms with van der Waals surface area (Å²) in [7, 11) is 0. The highest BCUT2D eigenvalue weighted by atomic mass is 16.4. The van der Waals surface area contributed by atoms with Crippen LogP contribution in [0.2, 0.25) is 0 Å². The summed E-state index contributed by atoms with van der Waals surface area (Å²) in [4.78, 5) is 22.9. The van der Waals surface area contributed by atoms with Crippen LogP contribution in [-0.2, 0) is 9.59 Å². The van der Waals surface area contributed by atoms with E-state index in [1.54, 1.807) is 0 Å². The number of carbonyl (C=O) groups excluding carboxylic acids is 1. The van der Waals surface area contributed by atoms with Crippen molar-refractivity contribution in [1.29, 1.82) is 0 Å². The second-order valence-corrected chi connectivity index (χ2v) is 6.10. The van der Waals surface area contributed by atoms with E-state index >= 15 is 0 Å². The molecule has 0 radical (unpaired) electrons. The fourth-order valence-corrected chi connectivity index (χ4v) is 3.88. The van der Waals surface area contributed by atoms with Gasteiger partial charge in [-0.25, -0.2) is 0 Å². The lowest BCUT2D eigenvalue weighted by Crippen LogP contribution is -2.33. The molecule has 2 saturated carbocycles. The molecule has 0 aromatic heterocycles. The number of hydrogen-bond donors (Lipinski definition) is 1. The SMILES string of the molecule is CC1(C)[C@H]2CC[C@@]1(C)C(=O)[C@@H]2CCC(=O)O. The molecule has 1 N–H and O–H groups in total. The maximum Gasteiger partial charge on any atom is 0.303 e. The van der Waals surface area contributed by atoms with Crippen LogP contribution >= 0.6 is 0 Å². The molecule has 0 saturated heterocycles. The molecule has 0 spiro atoms. The van der Waals surface area contributed by atoms with Gasteiger partial charge in [-0.1, -0.05) is 20.8 Å². The van der Waals surface area contributed by atoms with Gasteiger partial charge in [-0.3, -0.25) is 9.59 Å². The van der Waals surface area contributed by atoms with Crippen molar-refractivity contribution < 1.29 is 14.7 Å². The summed E-state index contributed by atoms with van der Waals surface area (Å²) in [6.07, 6.45) is 2.71. The molecule has 2 aliphatic rings. The average Bonchev–Trinajstić information content (AvgIpc) is 2.47. The minimum absolute atomic E-state index is 0.00940. The number of Topliss-reactive ketones (excluding diaryl/α,β-unsaturated/α-hetero) is 1. The topological polar surface area (TPSA) is 54.4 Å². The molecule has 0 heterocycles. The van der Waals surface area contributed by atoms with Crippen molar-refractivity contribution >= 4 is 11.8 Å². The van der Waals surface area contributed by atoms with Crippen LogP contribution in [0.1, 0.15) is 46.5 Å². The van der Waals surface area contributed by atoms with Crippen LogP contribution in [0, 0.1) is 22.7 Å². The Morgan fingerprint density at radius 1 is 1.44 bits per heavy atom. The van der Waals surface area contributed by atoms with Gasteiger partial charge < -0.3 is 5.11 Å². The molecule has 0 unspecified atom stereocenters. The molecule has 2 fully saturated rings. The fourth-order valence-electron chi connectivity index (χ4n) is 3.88. The number of rotatable bonds is 3. The first kappa shape index (κ1) is 11.6. The van der Waals surface area contributed by atoms with Crippen LogP contribution in [0.4, 0.5) is 0 Å². The molecule has 2 bridgehead atoms. The summed E-state index contributed by atoms with van der Waals surface area (Å²) in [6.45, 7) is 6.41. The Hall–Kier alpha value is -0.860. The van der Waals surface area contributed by atoms with E-state index < -0.39 is 5.97 Å². The van der Waals surface area contributed by atoms with E-state index in [2.05, 4.69) is 20.8 Å². The number of ketones is 1. The summed E-state index contributed by atoms with van der Waals surface area (Å²) in [5, 5.41) is 8.71. The van der Waals surface area contributed by atoms with Crippen LogP contribution in [0.5, 0.6) is 0 Å². The summed E-state index contributed by atoms with van der Waals surface area (Å²) < 4.78 is 0. The minimum atomic E-state index is -0.793. The van der Waals surface area contributed by atoms with Crippen molar-refractivity contribution in [3.8, 4) is 0 Å². The van der Waals surface area contributed by atoms with Crippen molar-refractivity contribution in [2.75, 3.05) is 0 Å². The van der Waals surface area contributed by atoms with E-state index in [0.717, 1.165) is 12.8 Å². The molecule has 0 aromatic carbocycles. The Morgan fingerprint density at radius 2 is 2.06 bits per heavy atom. The second kappa shape index (κ2) is 3.31. The van der Waals surface area contributed by atoms with Crippen LogP contribution < -0.4 is 0 Å². The zero-order chi connectivity index (χ0) is 12.1. The number of carboxylic acids is 1. The predicted octanol–water partition coefficient (Wildman–Crippen LogP) is 2.49. The third kappa shape index (κ3) is 1.26. The van der Waals surface area contributed by atoms with Crippen LogP contribution in [0.15, 0.2) is 0 Å². The molecule has 2 aliphatic carbocycles. The maximum absolute atomic E-state index is 12.3. The monoisotopic (exact) mass is 224 g/mol. The van der Waals surface area contributed by atoms with Gasteiger partial charge in [-0.2, -0.15) is 0 Å². The minimum Gasteiger partial charge on any atom is -0.481 e. The highest BCUT2D eigenvalue weighted by molar-refractivity contribution is 5.91.